The van der Waals surface area contributed by atoms with Crippen LogP contribution in [0.25, 0.3) is 0 Å². The first-order valence-electron chi connectivity index (χ1n) is 7.02. The van der Waals surface area contributed by atoms with E-state index in [2.05, 4.69) is 12.2 Å². The lowest BCUT2D eigenvalue weighted by molar-refractivity contribution is -0.123. The standard InChI is InChI=1S/C15H21Cl2NO3/c1-2-3-11(6-7-19)9-18-15(20)10-21-14-5-4-12(16)8-13(14)17/h4-5,8,11,19H,2-3,6-7,9-10H2,1H3,(H,18,20). The summed E-state index contributed by atoms with van der Waals surface area (Å²) in [4.78, 5) is 11.7. The zero-order valence-corrected chi connectivity index (χ0v) is 13.6. The predicted octanol–water partition coefficient (Wildman–Crippen LogP) is 3.29. The molecule has 0 bridgehead atoms. The summed E-state index contributed by atoms with van der Waals surface area (Å²) in [6.07, 6.45) is 2.69. The molecular weight excluding hydrogens is 313 g/mol. The molecule has 21 heavy (non-hydrogen) atoms. The van der Waals surface area contributed by atoms with Crippen LogP contribution in [0.2, 0.25) is 10.0 Å². The van der Waals surface area contributed by atoms with Gasteiger partial charge in [-0.25, -0.2) is 0 Å². The first kappa shape index (κ1) is 18.1. The van der Waals surface area contributed by atoms with Crippen LogP contribution in [0.3, 0.4) is 0 Å². The van der Waals surface area contributed by atoms with E-state index in [-0.39, 0.29) is 19.1 Å². The Morgan fingerprint density at radius 1 is 1.38 bits per heavy atom. The summed E-state index contributed by atoms with van der Waals surface area (Å²) >= 11 is 11.7. The van der Waals surface area contributed by atoms with Crippen molar-refractivity contribution in [3.63, 3.8) is 0 Å². The van der Waals surface area contributed by atoms with Crippen molar-refractivity contribution in [3.05, 3.63) is 28.2 Å². The number of rotatable bonds is 9. The second kappa shape index (κ2) is 9.87. The highest BCUT2D eigenvalue weighted by molar-refractivity contribution is 6.35. The molecule has 0 aromatic heterocycles. The minimum Gasteiger partial charge on any atom is -0.482 e. The van der Waals surface area contributed by atoms with Crippen LogP contribution in [0.15, 0.2) is 18.2 Å². The zero-order valence-electron chi connectivity index (χ0n) is 12.1. The smallest absolute Gasteiger partial charge is 0.257 e. The van der Waals surface area contributed by atoms with E-state index in [0.29, 0.717) is 34.7 Å². The number of amides is 1. The molecule has 6 heteroatoms. The SMILES string of the molecule is CCCC(CCO)CNC(=O)COc1ccc(Cl)cc1Cl. The third-order valence-corrected chi connectivity index (χ3v) is 3.61. The molecule has 0 saturated heterocycles. The molecule has 118 valence electrons. The van der Waals surface area contributed by atoms with Crippen molar-refractivity contribution in [2.75, 3.05) is 19.8 Å². The van der Waals surface area contributed by atoms with Gasteiger partial charge in [-0.15, -0.1) is 0 Å². The van der Waals surface area contributed by atoms with E-state index in [1.807, 2.05) is 0 Å². The Morgan fingerprint density at radius 3 is 2.76 bits per heavy atom. The molecular formula is C15H21Cl2NO3. The minimum absolute atomic E-state index is 0.0979. The second-order valence-electron chi connectivity index (χ2n) is 4.83. The molecule has 0 aliphatic rings. The summed E-state index contributed by atoms with van der Waals surface area (Å²) in [6.45, 7) is 2.67. The topological polar surface area (TPSA) is 58.6 Å². The number of carbonyl (C=O) groups excluding carboxylic acids is 1. The van der Waals surface area contributed by atoms with Crippen LogP contribution in [0.4, 0.5) is 0 Å². The molecule has 0 heterocycles. The molecule has 0 aliphatic carbocycles. The van der Waals surface area contributed by atoms with Crippen LogP contribution in [0.1, 0.15) is 26.2 Å². The first-order valence-corrected chi connectivity index (χ1v) is 7.77. The molecule has 0 fully saturated rings. The van der Waals surface area contributed by atoms with Crippen molar-refractivity contribution in [1.82, 2.24) is 5.32 Å². The van der Waals surface area contributed by atoms with Gasteiger partial charge in [0.1, 0.15) is 5.75 Å². The first-order chi connectivity index (χ1) is 10.1. The van der Waals surface area contributed by atoms with Gasteiger partial charge in [0.2, 0.25) is 0 Å². The van der Waals surface area contributed by atoms with Crippen LogP contribution in [-0.2, 0) is 4.79 Å². The Labute approximate surface area is 135 Å². The molecule has 1 atom stereocenters. The molecule has 1 unspecified atom stereocenters. The highest BCUT2D eigenvalue weighted by Crippen LogP contribution is 2.27. The van der Waals surface area contributed by atoms with E-state index < -0.39 is 0 Å². The molecule has 2 N–H and O–H groups in total. The molecule has 0 spiro atoms. The van der Waals surface area contributed by atoms with Gasteiger partial charge in [0, 0.05) is 18.2 Å². The molecule has 1 amide bonds. The van der Waals surface area contributed by atoms with Crippen LogP contribution < -0.4 is 10.1 Å². The summed E-state index contributed by atoms with van der Waals surface area (Å²) in [5.74, 6) is 0.514. The number of nitrogens with one attached hydrogen (secondary N) is 1. The number of benzene rings is 1. The van der Waals surface area contributed by atoms with Gasteiger partial charge in [-0.2, -0.15) is 0 Å². The Bertz CT molecular complexity index is 449. The fourth-order valence-corrected chi connectivity index (χ4v) is 2.45. The van der Waals surface area contributed by atoms with E-state index in [9.17, 15) is 4.79 Å². The normalized spacial score (nSPS) is 12.0. The van der Waals surface area contributed by atoms with Crippen molar-refractivity contribution < 1.29 is 14.6 Å². The number of aliphatic hydroxyl groups excluding tert-OH is 1. The van der Waals surface area contributed by atoms with Gasteiger partial charge in [-0.05, 0) is 37.0 Å². The van der Waals surface area contributed by atoms with Crippen LogP contribution in [0, 0.1) is 5.92 Å². The number of hydrogen-bond donors (Lipinski definition) is 2. The molecule has 0 aliphatic heterocycles. The predicted molar refractivity (Wildman–Crippen MR) is 85.1 cm³/mol. The summed E-state index contributed by atoms with van der Waals surface area (Å²) < 4.78 is 5.35. The lowest BCUT2D eigenvalue weighted by atomic mass is 10.0. The zero-order chi connectivity index (χ0) is 15.7. The van der Waals surface area contributed by atoms with E-state index in [1.54, 1.807) is 18.2 Å². The van der Waals surface area contributed by atoms with Crippen LogP contribution in [-0.4, -0.2) is 30.8 Å². The van der Waals surface area contributed by atoms with E-state index >= 15 is 0 Å². The highest BCUT2D eigenvalue weighted by atomic mass is 35.5. The fourth-order valence-electron chi connectivity index (χ4n) is 1.98. The van der Waals surface area contributed by atoms with Gasteiger partial charge in [-0.1, -0.05) is 36.5 Å². The monoisotopic (exact) mass is 333 g/mol. The van der Waals surface area contributed by atoms with Gasteiger partial charge >= 0.3 is 0 Å². The van der Waals surface area contributed by atoms with Crippen LogP contribution in [0.5, 0.6) is 5.75 Å². The van der Waals surface area contributed by atoms with Crippen molar-refractivity contribution in [3.8, 4) is 5.75 Å². The second-order valence-corrected chi connectivity index (χ2v) is 5.68. The summed E-state index contributed by atoms with van der Waals surface area (Å²) in [5, 5.41) is 12.7. The Kier molecular flexibility index (Phi) is 8.50. The number of halogens is 2. The Hall–Kier alpha value is -0.970. The quantitative estimate of drug-likeness (QED) is 0.729. The Morgan fingerprint density at radius 2 is 2.14 bits per heavy atom. The van der Waals surface area contributed by atoms with Crippen LogP contribution >= 0.6 is 23.2 Å². The lowest BCUT2D eigenvalue weighted by Crippen LogP contribution is -2.33. The van der Waals surface area contributed by atoms with Gasteiger partial charge < -0.3 is 15.2 Å². The van der Waals surface area contributed by atoms with Crippen molar-refractivity contribution >= 4 is 29.1 Å². The largest absolute Gasteiger partial charge is 0.482 e. The number of carbonyl (C=O) groups is 1. The van der Waals surface area contributed by atoms with Crippen molar-refractivity contribution in [2.45, 2.75) is 26.2 Å². The molecule has 0 radical (unpaired) electrons. The molecule has 1 rings (SSSR count). The van der Waals surface area contributed by atoms with E-state index in [4.69, 9.17) is 33.0 Å². The average molecular weight is 334 g/mol. The lowest BCUT2D eigenvalue weighted by Gasteiger charge is -2.16. The summed E-state index contributed by atoms with van der Waals surface area (Å²) in [6, 6.07) is 4.84. The highest BCUT2D eigenvalue weighted by Gasteiger charge is 2.10. The van der Waals surface area contributed by atoms with Gasteiger partial charge in [0.15, 0.2) is 6.61 Å². The fraction of sp³-hybridized carbons (Fsp3) is 0.533. The van der Waals surface area contributed by atoms with Crippen molar-refractivity contribution in [1.29, 1.82) is 0 Å². The summed E-state index contributed by atoms with van der Waals surface area (Å²) in [5.41, 5.74) is 0. The third kappa shape index (κ3) is 7.02. The number of ether oxygens (including phenoxy) is 1. The summed E-state index contributed by atoms with van der Waals surface area (Å²) in [7, 11) is 0. The average Bonchev–Trinajstić information content (AvgIpc) is 2.44. The van der Waals surface area contributed by atoms with E-state index in [0.717, 1.165) is 12.8 Å². The van der Waals surface area contributed by atoms with Gasteiger partial charge in [-0.3, -0.25) is 4.79 Å². The van der Waals surface area contributed by atoms with E-state index in [1.165, 1.54) is 0 Å². The minimum atomic E-state index is -0.208. The maximum absolute atomic E-state index is 11.7. The maximum atomic E-state index is 11.7. The van der Waals surface area contributed by atoms with Gasteiger partial charge in [0.05, 0.1) is 5.02 Å². The molecule has 1 aromatic rings. The molecule has 1 aromatic carbocycles. The maximum Gasteiger partial charge on any atom is 0.257 e. The third-order valence-electron chi connectivity index (χ3n) is 3.07. The number of aliphatic hydroxyl groups is 1. The van der Waals surface area contributed by atoms with Gasteiger partial charge in [0.25, 0.3) is 5.91 Å². The van der Waals surface area contributed by atoms with Crippen molar-refractivity contribution in [2.24, 2.45) is 5.92 Å². The molecule has 4 nitrogen and oxygen atoms in total. The number of hydrogen-bond acceptors (Lipinski definition) is 3. The Balaban J connectivity index is 2.36. The molecule has 0 saturated carbocycles.